The molecule has 5 nitrogen and oxygen atoms in total. The van der Waals surface area contributed by atoms with Gasteiger partial charge in [-0.3, -0.25) is 4.79 Å². The van der Waals surface area contributed by atoms with E-state index in [1.807, 2.05) is 43.3 Å². The molecule has 2 aromatic rings. The Hall–Kier alpha value is -1.76. The lowest BCUT2D eigenvalue weighted by Crippen LogP contribution is -2.33. The molecule has 0 saturated carbocycles. The Balaban J connectivity index is 1.87. The van der Waals surface area contributed by atoms with Crippen molar-refractivity contribution in [3.63, 3.8) is 0 Å². The molecule has 0 saturated heterocycles. The minimum Gasteiger partial charge on any atom is -0.467 e. The fourth-order valence-corrected chi connectivity index (χ4v) is 3.56. The van der Waals surface area contributed by atoms with Crippen LogP contribution in [0.15, 0.2) is 52.2 Å². The van der Waals surface area contributed by atoms with Crippen molar-refractivity contribution in [3.8, 4) is 0 Å². The largest absolute Gasteiger partial charge is 0.467 e. The molecule has 1 aliphatic rings. The number of rotatable bonds is 6. The number of aliphatic hydroxyl groups is 1. The lowest BCUT2D eigenvalue weighted by molar-refractivity contribution is -0.132. The highest BCUT2D eigenvalue weighted by Crippen LogP contribution is 2.34. The van der Waals surface area contributed by atoms with Crippen molar-refractivity contribution < 1.29 is 14.3 Å². The van der Waals surface area contributed by atoms with Crippen LogP contribution < -0.4 is 0 Å². The second-order valence-corrected chi connectivity index (χ2v) is 7.59. The summed E-state index contributed by atoms with van der Waals surface area (Å²) < 4.78 is 5.53. The molecule has 1 aromatic carbocycles. The van der Waals surface area contributed by atoms with E-state index in [0.29, 0.717) is 23.0 Å². The zero-order valence-electron chi connectivity index (χ0n) is 13.8. The Morgan fingerprint density at radius 1 is 1.44 bits per heavy atom. The quantitative estimate of drug-likeness (QED) is 0.831. The predicted molar refractivity (Wildman–Crippen MR) is 99.9 cm³/mol. The van der Waals surface area contributed by atoms with Crippen LogP contribution in [-0.2, 0) is 4.79 Å². The third-order valence-electron chi connectivity index (χ3n) is 3.99. The van der Waals surface area contributed by atoms with Gasteiger partial charge in [0.1, 0.15) is 11.8 Å². The van der Waals surface area contributed by atoms with Crippen LogP contribution in [0.4, 0.5) is 0 Å². The molecule has 25 heavy (non-hydrogen) atoms. The van der Waals surface area contributed by atoms with Gasteiger partial charge in [-0.1, -0.05) is 23.7 Å². The van der Waals surface area contributed by atoms with E-state index in [-0.39, 0.29) is 23.8 Å². The van der Waals surface area contributed by atoms with Gasteiger partial charge in [0.2, 0.25) is 0 Å². The van der Waals surface area contributed by atoms with Gasteiger partial charge in [0.05, 0.1) is 23.8 Å². The topological polar surface area (TPSA) is 66.0 Å². The third kappa shape index (κ3) is 4.08. The molecule has 0 radical (unpaired) electrons. The van der Waals surface area contributed by atoms with Crippen molar-refractivity contribution in [1.82, 2.24) is 5.01 Å². The van der Waals surface area contributed by atoms with Gasteiger partial charge >= 0.3 is 0 Å². The molecule has 0 unspecified atom stereocenters. The average molecular weight is 379 g/mol. The second kappa shape index (κ2) is 8.08. The number of hydrogen-bond donors (Lipinski definition) is 1. The highest BCUT2D eigenvalue weighted by molar-refractivity contribution is 8.00. The van der Waals surface area contributed by atoms with E-state index in [1.165, 1.54) is 16.8 Å². The summed E-state index contributed by atoms with van der Waals surface area (Å²) in [6.45, 7) is 1.88. The lowest BCUT2D eigenvalue weighted by atomic mass is 10.0. The van der Waals surface area contributed by atoms with Crippen molar-refractivity contribution in [2.24, 2.45) is 5.10 Å². The first-order valence-electron chi connectivity index (χ1n) is 8.02. The molecular formula is C18H19ClN2O3S. The number of furan rings is 1. The predicted octanol–water partition coefficient (Wildman–Crippen LogP) is 3.72. The van der Waals surface area contributed by atoms with Crippen LogP contribution in [-0.4, -0.2) is 39.3 Å². The molecular weight excluding hydrogens is 360 g/mol. The van der Waals surface area contributed by atoms with Crippen LogP contribution in [0.1, 0.15) is 30.7 Å². The van der Waals surface area contributed by atoms with Crippen LogP contribution >= 0.6 is 23.4 Å². The number of hydrogen-bond acceptors (Lipinski definition) is 5. The Morgan fingerprint density at radius 2 is 2.20 bits per heavy atom. The summed E-state index contributed by atoms with van der Waals surface area (Å²) in [6.07, 6.45) is 2.18. The molecule has 1 aliphatic heterocycles. The average Bonchev–Trinajstić information content (AvgIpc) is 3.28. The fraction of sp³-hybridized carbons (Fsp3) is 0.333. The highest BCUT2D eigenvalue weighted by atomic mass is 35.5. The summed E-state index contributed by atoms with van der Waals surface area (Å²) in [5.41, 5.74) is 1.76. The molecule has 132 valence electrons. The first-order valence-corrected chi connectivity index (χ1v) is 9.45. The summed E-state index contributed by atoms with van der Waals surface area (Å²) in [5.74, 6) is 1.13. The number of benzene rings is 1. The lowest BCUT2D eigenvalue weighted by Gasteiger charge is -2.22. The van der Waals surface area contributed by atoms with Gasteiger partial charge in [-0.15, -0.1) is 11.8 Å². The smallest absolute Gasteiger partial charge is 0.256 e. The molecule has 0 spiro atoms. The van der Waals surface area contributed by atoms with Crippen LogP contribution in [0.25, 0.3) is 0 Å². The van der Waals surface area contributed by atoms with Gasteiger partial charge in [0, 0.05) is 17.2 Å². The van der Waals surface area contributed by atoms with Gasteiger partial charge < -0.3 is 9.52 Å². The fourth-order valence-electron chi connectivity index (χ4n) is 2.72. The van der Waals surface area contributed by atoms with Gasteiger partial charge in [0.25, 0.3) is 5.91 Å². The Morgan fingerprint density at radius 3 is 2.84 bits per heavy atom. The molecule has 3 rings (SSSR count). The number of amides is 1. The monoisotopic (exact) mass is 378 g/mol. The summed E-state index contributed by atoms with van der Waals surface area (Å²) >= 11 is 7.37. The van der Waals surface area contributed by atoms with Crippen molar-refractivity contribution in [3.05, 3.63) is 59.0 Å². The molecule has 2 heterocycles. The zero-order chi connectivity index (χ0) is 17.8. The molecule has 0 bridgehead atoms. The molecule has 2 atom stereocenters. The highest BCUT2D eigenvalue weighted by Gasteiger charge is 2.36. The normalized spacial score (nSPS) is 18.3. The maximum absolute atomic E-state index is 12.8. The Labute approximate surface area is 155 Å². The van der Waals surface area contributed by atoms with Crippen molar-refractivity contribution in [2.45, 2.75) is 24.6 Å². The summed E-state index contributed by atoms with van der Waals surface area (Å²) in [6, 6.07) is 10.8. The Bertz CT molecular complexity index is 746. The Kier molecular flexibility index (Phi) is 5.83. The van der Waals surface area contributed by atoms with Crippen LogP contribution in [0.3, 0.4) is 0 Å². The van der Waals surface area contributed by atoms with Crippen LogP contribution in [0.2, 0.25) is 5.02 Å². The second-order valence-electron chi connectivity index (χ2n) is 5.71. The van der Waals surface area contributed by atoms with Crippen molar-refractivity contribution >= 4 is 35.0 Å². The molecule has 0 fully saturated rings. The van der Waals surface area contributed by atoms with E-state index in [9.17, 15) is 4.79 Å². The van der Waals surface area contributed by atoms with E-state index in [4.69, 9.17) is 21.1 Å². The maximum Gasteiger partial charge on any atom is 0.256 e. The molecule has 1 amide bonds. The first-order chi connectivity index (χ1) is 12.1. The standard InChI is InChI=1S/C18H19ClN2O3S/c1-12(25-10-8-22)18(23)21-16(17-3-2-9-24-17)11-15(20-21)13-4-6-14(19)7-5-13/h2-7,9,12,16,22H,8,10-11H2,1H3/t12-,16-/m1/s1. The molecule has 0 aliphatic carbocycles. The summed E-state index contributed by atoms with van der Waals surface area (Å²) in [4.78, 5) is 12.8. The SMILES string of the molecule is C[C@@H](SCCO)C(=O)N1N=C(c2ccc(Cl)cc2)C[C@@H]1c1ccco1. The minimum absolute atomic E-state index is 0.0448. The van der Waals surface area contributed by atoms with Gasteiger partial charge in [-0.05, 0) is 36.8 Å². The van der Waals surface area contributed by atoms with Gasteiger partial charge in [-0.25, -0.2) is 5.01 Å². The van der Waals surface area contributed by atoms with E-state index in [0.717, 1.165) is 11.3 Å². The van der Waals surface area contributed by atoms with Crippen molar-refractivity contribution in [2.75, 3.05) is 12.4 Å². The number of nitrogens with zero attached hydrogens (tertiary/aromatic N) is 2. The van der Waals surface area contributed by atoms with Crippen LogP contribution in [0.5, 0.6) is 0 Å². The van der Waals surface area contributed by atoms with E-state index < -0.39 is 0 Å². The number of carbonyl (C=O) groups is 1. The number of thioether (sulfide) groups is 1. The maximum atomic E-state index is 12.8. The van der Waals surface area contributed by atoms with Crippen LogP contribution in [0, 0.1) is 0 Å². The number of carbonyl (C=O) groups excluding carboxylic acids is 1. The third-order valence-corrected chi connectivity index (χ3v) is 5.36. The van der Waals surface area contributed by atoms with E-state index in [2.05, 4.69) is 5.10 Å². The summed E-state index contributed by atoms with van der Waals surface area (Å²) in [5, 5.41) is 15.4. The van der Waals surface area contributed by atoms with Crippen molar-refractivity contribution in [1.29, 1.82) is 0 Å². The molecule has 7 heteroatoms. The number of aliphatic hydroxyl groups excluding tert-OH is 1. The first kappa shape index (κ1) is 18.0. The molecule has 1 N–H and O–H groups in total. The number of hydrazone groups is 1. The van der Waals surface area contributed by atoms with E-state index in [1.54, 1.807) is 6.26 Å². The zero-order valence-corrected chi connectivity index (χ0v) is 15.3. The minimum atomic E-state index is -0.294. The van der Waals surface area contributed by atoms with Gasteiger partial charge in [0.15, 0.2) is 0 Å². The van der Waals surface area contributed by atoms with Gasteiger partial charge in [-0.2, -0.15) is 5.10 Å². The number of halogens is 1. The van der Waals surface area contributed by atoms with E-state index >= 15 is 0 Å². The summed E-state index contributed by atoms with van der Waals surface area (Å²) in [7, 11) is 0. The molecule has 1 aromatic heterocycles.